The van der Waals surface area contributed by atoms with Crippen LogP contribution in [0.5, 0.6) is 5.75 Å². The summed E-state index contributed by atoms with van der Waals surface area (Å²) in [6.07, 6.45) is 2.35. The van der Waals surface area contributed by atoms with Crippen LogP contribution < -0.4 is 10.1 Å². The number of pyridine rings is 1. The Morgan fingerprint density at radius 3 is 2.68 bits per heavy atom. The summed E-state index contributed by atoms with van der Waals surface area (Å²) < 4.78 is 71.1. The predicted molar refractivity (Wildman–Crippen MR) is 119 cm³/mol. The molecule has 0 radical (unpaired) electrons. The van der Waals surface area contributed by atoms with Gasteiger partial charge in [0.15, 0.2) is 14.9 Å². The van der Waals surface area contributed by atoms with Gasteiger partial charge in [0.25, 0.3) is 0 Å². The molecule has 3 heterocycles. The van der Waals surface area contributed by atoms with Crippen molar-refractivity contribution in [2.24, 2.45) is 0 Å². The maximum atomic E-state index is 15.0. The molecule has 1 aliphatic heterocycles. The van der Waals surface area contributed by atoms with Gasteiger partial charge in [-0.15, -0.1) is 0 Å². The van der Waals surface area contributed by atoms with Crippen molar-refractivity contribution < 1.29 is 26.3 Å². The molecule has 1 unspecified atom stereocenters. The number of aromatic nitrogens is 3. The summed E-state index contributed by atoms with van der Waals surface area (Å²) in [5, 5.41) is 3.12. The average Bonchev–Trinajstić information content (AvgIpc) is 3.15. The molecule has 0 saturated heterocycles. The lowest BCUT2D eigenvalue weighted by molar-refractivity contribution is -0.0507. The number of rotatable bonds is 5. The SMILES string of the molecule is CS(=O)(=O)c1ccc(-c2cc3c(cc2F)nc2n3C(c3ccccc3OC(F)F)CNC2)cn1. The van der Waals surface area contributed by atoms with Crippen LogP contribution in [-0.2, 0) is 16.4 Å². The molecular formula is C23H19F3N4O3S. The van der Waals surface area contributed by atoms with Crippen molar-refractivity contribution >= 4 is 20.9 Å². The Bertz CT molecular complexity index is 1490. The first-order chi connectivity index (χ1) is 16.2. The number of hydrogen-bond acceptors (Lipinski definition) is 6. The average molecular weight is 488 g/mol. The van der Waals surface area contributed by atoms with Gasteiger partial charge < -0.3 is 14.6 Å². The number of sulfone groups is 1. The van der Waals surface area contributed by atoms with Gasteiger partial charge in [0.2, 0.25) is 0 Å². The molecule has 7 nitrogen and oxygen atoms in total. The first-order valence-electron chi connectivity index (χ1n) is 10.3. The summed E-state index contributed by atoms with van der Waals surface area (Å²) in [4.78, 5) is 8.49. The van der Waals surface area contributed by atoms with Crippen molar-refractivity contribution in [1.29, 1.82) is 0 Å². The standard InChI is InChI=1S/C23H19F3N4O3S/c1-34(31,32)22-7-6-13(10-28-22)15-8-18-17(9-16(15)24)29-21-12-27-11-19(30(18)21)14-4-2-3-5-20(14)33-23(25)26/h2-10,19,23,27H,11-12H2,1H3. The molecule has 2 aromatic heterocycles. The van der Waals surface area contributed by atoms with Crippen LogP contribution in [0.1, 0.15) is 17.4 Å². The van der Waals surface area contributed by atoms with Crippen LogP contribution in [-0.4, -0.2) is 42.4 Å². The van der Waals surface area contributed by atoms with Gasteiger partial charge in [-0.3, -0.25) is 0 Å². The lowest BCUT2D eigenvalue weighted by Crippen LogP contribution is -2.34. The molecule has 0 fully saturated rings. The zero-order valence-electron chi connectivity index (χ0n) is 17.9. The lowest BCUT2D eigenvalue weighted by Gasteiger charge is -2.28. The van der Waals surface area contributed by atoms with E-state index in [2.05, 4.69) is 15.3 Å². The molecule has 2 aromatic carbocycles. The van der Waals surface area contributed by atoms with E-state index in [0.717, 1.165) is 6.26 Å². The molecule has 1 aliphatic rings. The van der Waals surface area contributed by atoms with E-state index < -0.39 is 28.3 Å². The second-order valence-corrected chi connectivity index (χ2v) is 9.90. The van der Waals surface area contributed by atoms with E-state index in [0.29, 0.717) is 41.1 Å². The van der Waals surface area contributed by atoms with Crippen molar-refractivity contribution in [2.45, 2.75) is 24.2 Å². The van der Waals surface area contributed by atoms with Crippen LogP contribution in [0.3, 0.4) is 0 Å². The normalized spacial score (nSPS) is 16.1. The van der Waals surface area contributed by atoms with E-state index in [9.17, 15) is 17.2 Å². The zero-order valence-corrected chi connectivity index (χ0v) is 18.7. The Kier molecular flexibility index (Phi) is 5.53. The van der Waals surface area contributed by atoms with Gasteiger partial charge in [-0.1, -0.05) is 18.2 Å². The largest absolute Gasteiger partial charge is 0.434 e. The van der Waals surface area contributed by atoms with Crippen LogP contribution in [0.25, 0.3) is 22.2 Å². The van der Waals surface area contributed by atoms with Gasteiger partial charge in [0.05, 0.1) is 23.6 Å². The quantitative estimate of drug-likeness (QED) is 0.458. The smallest absolute Gasteiger partial charge is 0.387 e. The first-order valence-corrected chi connectivity index (χ1v) is 12.2. The Morgan fingerprint density at radius 2 is 1.97 bits per heavy atom. The Morgan fingerprint density at radius 1 is 1.18 bits per heavy atom. The Labute approximate surface area is 193 Å². The van der Waals surface area contributed by atoms with Gasteiger partial charge in [-0.2, -0.15) is 8.78 Å². The third-order valence-electron chi connectivity index (χ3n) is 5.71. The summed E-state index contributed by atoms with van der Waals surface area (Å²) in [7, 11) is -3.49. The fourth-order valence-corrected chi connectivity index (χ4v) is 4.80. The van der Waals surface area contributed by atoms with Crippen molar-refractivity contribution in [1.82, 2.24) is 19.9 Å². The van der Waals surface area contributed by atoms with E-state index in [4.69, 9.17) is 4.74 Å². The summed E-state index contributed by atoms with van der Waals surface area (Å²) >= 11 is 0. The fourth-order valence-electron chi connectivity index (χ4n) is 4.24. The predicted octanol–water partition coefficient (Wildman–Crippen LogP) is 3.93. The molecule has 5 rings (SSSR count). The number of halogens is 3. The summed E-state index contributed by atoms with van der Waals surface area (Å²) in [6.45, 7) is -2.12. The van der Waals surface area contributed by atoms with Crippen LogP contribution in [0.2, 0.25) is 0 Å². The zero-order chi connectivity index (χ0) is 24.0. The molecule has 176 valence electrons. The number of para-hydroxylation sites is 1. The van der Waals surface area contributed by atoms with E-state index in [1.807, 2.05) is 4.57 Å². The van der Waals surface area contributed by atoms with Crippen molar-refractivity contribution in [2.75, 3.05) is 12.8 Å². The molecule has 4 aromatic rings. The number of imidazole rings is 1. The first kappa shape index (κ1) is 22.4. The highest BCUT2D eigenvalue weighted by Crippen LogP contribution is 2.36. The highest BCUT2D eigenvalue weighted by Gasteiger charge is 2.28. The number of ether oxygens (including phenoxy) is 1. The second-order valence-electron chi connectivity index (χ2n) is 7.94. The monoisotopic (exact) mass is 488 g/mol. The molecule has 0 amide bonds. The maximum Gasteiger partial charge on any atom is 0.387 e. The minimum Gasteiger partial charge on any atom is -0.434 e. The molecule has 0 aliphatic carbocycles. The molecule has 1 N–H and O–H groups in total. The third kappa shape index (κ3) is 4.01. The minimum absolute atomic E-state index is 0.0573. The van der Waals surface area contributed by atoms with Gasteiger partial charge >= 0.3 is 6.61 Å². The van der Waals surface area contributed by atoms with Gasteiger partial charge in [0, 0.05) is 41.8 Å². The van der Waals surface area contributed by atoms with Gasteiger partial charge in [0.1, 0.15) is 17.4 Å². The number of hydrogen-bond donors (Lipinski definition) is 1. The van der Waals surface area contributed by atoms with E-state index in [-0.39, 0.29) is 16.3 Å². The Balaban J connectivity index is 1.65. The molecule has 0 saturated carbocycles. The molecule has 11 heteroatoms. The summed E-state index contributed by atoms with van der Waals surface area (Å²) in [5.74, 6) is 0.143. The number of fused-ring (bicyclic) bond motifs is 3. The fraction of sp³-hybridized carbons (Fsp3) is 0.217. The number of nitrogens with one attached hydrogen (secondary N) is 1. The topological polar surface area (TPSA) is 86.1 Å². The van der Waals surface area contributed by atoms with Gasteiger partial charge in [-0.25, -0.2) is 22.8 Å². The Hall–Kier alpha value is -3.44. The van der Waals surface area contributed by atoms with Crippen molar-refractivity contribution in [3.05, 3.63) is 71.9 Å². The molecule has 34 heavy (non-hydrogen) atoms. The van der Waals surface area contributed by atoms with E-state index in [1.165, 1.54) is 30.5 Å². The highest BCUT2D eigenvalue weighted by molar-refractivity contribution is 7.90. The number of alkyl halides is 2. The van der Waals surface area contributed by atoms with Crippen LogP contribution >= 0.6 is 0 Å². The molecule has 0 bridgehead atoms. The molecular weight excluding hydrogens is 469 g/mol. The summed E-state index contributed by atoms with van der Waals surface area (Å²) in [6, 6.07) is 11.9. The summed E-state index contributed by atoms with van der Waals surface area (Å²) in [5.41, 5.74) is 2.18. The maximum absolute atomic E-state index is 15.0. The van der Waals surface area contributed by atoms with E-state index >= 15 is 4.39 Å². The van der Waals surface area contributed by atoms with Crippen LogP contribution in [0.4, 0.5) is 13.2 Å². The number of nitrogens with zero attached hydrogens (tertiary/aromatic N) is 3. The third-order valence-corrected chi connectivity index (χ3v) is 6.71. The minimum atomic E-state index is -3.49. The van der Waals surface area contributed by atoms with Crippen LogP contribution in [0, 0.1) is 5.82 Å². The van der Waals surface area contributed by atoms with Gasteiger partial charge in [-0.05, 0) is 24.3 Å². The highest BCUT2D eigenvalue weighted by atomic mass is 32.2. The number of benzene rings is 2. The van der Waals surface area contributed by atoms with Crippen molar-refractivity contribution in [3.8, 4) is 16.9 Å². The van der Waals surface area contributed by atoms with Crippen LogP contribution in [0.15, 0.2) is 59.8 Å². The second kappa shape index (κ2) is 8.41. The molecule has 0 spiro atoms. The molecule has 1 atom stereocenters. The van der Waals surface area contributed by atoms with Crippen molar-refractivity contribution in [3.63, 3.8) is 0 Å². The van der Waals surface area contributed by atoms with E-state index in [1.54, 1.807) is 24.3 Å². The lowest BCUT2D eigenvalue weighted by atomic mass is 10.0.